The van der Waals surface area contributed by atoms with Crippen LogP contribution in [0.15, 0.2) is 60.7 Å². The van der Waals surface area contributed by atoms with Crippen molar-refractivity contribution in [3.8, 4) is 22.6 Å². The van der Waals surface area contributed by atoms with Gasteiger partial charge in [0.15, 0.2) is 11.5 Å². The summed E-state index contributed by atoms with van der Waals surface area (Å²) in [5.41, 5.74) is 7.33. The van der Waals surface area contributed by atoms with Gasteiger partial charge in [-0.3, -0.25) is 4.90 Å². The van der Waals surface area contributed by atoms with E-state index in [4.69, 9.17) is 4.74 Å². The first-order valence-corrected chi connectivity index (χ1v) is 9.55. The van der Waals surface area contributed by atoms with Gasteiger partial charge in [0.05, 0.1) is 7.11 Å². The second kappa shape index (κ2) is 6.43. The van der Waals surface area contributed by atoms with E-state index in [1.54, 1.807) is 7.11 Å². The first-order valence-electron chi connectivity index (χ1n) is 9.55. The van der Waals surface area contributed by atoms with Gasteiger partial charge in [-0.1, -0.05) is 54.6 Å². The lowest BCUT2D eigenvalue weighted by Crippen LogP contribution is -2.38. The molecule has 3 aromatic carbocycles. The molecule has 3 aromatic rings. The van der Waals surface area contributed by atoms with Crippen LogP contribution in [0.3, 0.4) is 0 Å². The molecule has 2 aliphatic rings. The summed E-state index contributed by atoms with van der Waals surface area (Å²) in [5.74, 6) is 0.852. The Morgan fingerprint density at radius 2 is 1.81 bits per heavy atom. The number of phenols is 1. The second-order valence-electron chi connectivity index (χ2n) is 7.46. The number of hydrogen-bond acceptors (Lipinski definition) is 3. The Kier molecular flexibility index (Phi) is 3.91. The molecule has 1 unspecified atom stereocenters. The van der Waals surface area contributed by atoms with E-state index in [1.807, 2.05) is 6.07 Å². The summed E-state index contributed by atoms with van der Waals surface area (Å²) in [6.07, 6.45) is 1.96. The van der Waals surface area contributed by atoms with Gasteiger partial charge in [0.1, 0.15) is 0 Å². The smallest absolute Gasteiger partial charge is 0.166 e. The maximum atomic E-state index is 11.0. The summed E-state index contributed by atoms with van der Waals surface area (Å²) in [6.45, 7) is 1.95. The molecule has 1 heterocycles. The minimum absolute atomic E-state index is 0.273. The number of aromatic hydroxyl groups is 1. The molecule has 0 spiro atoms. The molecule has 1 aliphatic carbocycles. The van der Waals surface area contributed by atoms with Crippen molar-refractivity contribution in [3.63, 3.8) is 0 Å². The Morgan fingerprint density at radius 1 is 1.04 bits per heavy atom. The van der Waals surface area contributed by atoms with Gasteiger partial charge in [0.25, 0.3) is 0 Å². The largest absolute Gasteiger partial charge is 0.504 e. The summed E-state index contributed by atoms with van der Waals surface area (Å²) in [4.78, 5) is 2.56. The van der Waals surface area contributed by atoms with Gasteiger partial charge in [-0.05, 0) is 46.7 Å². The van der Waals surface area contributed by atoms with Crippen LogP contribution in [0, 0.1) is 0 Å². The molecule has 1 N–H and O–H groups in total. The van der Waals surface area contributed by atoms with Crippen LogP contribution >= 0.6 is 0 Å². The summed E-state index contributed by atoms with van der Waals surface area (Å²) in [6, 6.07) is 21.4. The third-order valence-electron chi connectivity index (χ3n) is 5.98. The van der Waals surface area contributed by atoms with Crippen molar-refractivity contribution in [2.45, 2.75) is 25.4 Å². The standard InChI is InChI=1S/C24H23NO2/c1-27-21-14-18-11-12-25(15-16-7-3-2-4-8-16)20-13-17-9-5-6-10-19(17)23(22(18)20)24(21)26/h2-10,14,20,26H,11-13,15H2,1H3. The van der Waals surface area contributed by atoms with Crippen molar-refractivity contribution in [1.29, 1.82) is 0 Å². The van der Waals surface area contributed by atoms with Crippen LogP contribution in [0.4, 0.5) is 0 Å². The molecule has 0 bridgehead atoms. The molecule has 136 valence electrons. The van der Waals surface area contributed by atoms with Crippen LogP contribution in [-0.2, 0) is 19.4 Å². The molecule has 0 radical (unpaired) electrons. The van der Waals surface area contributed by atoms with Crippen LogP contribution in [-0.4, -0.2) is 23.7 Å². The lowest BCUT2D eigenvalue weighted by atomic mass is 9.76. The predicted molar refractivity (Wildman–Crippen MR) is 107 cm³/mol. The number of methoxy groups -OCH3 is 1. The first kappa shape index (κ1) is 16.4. The molecule has 0 saturated carbocycles. The fraction of sp³-hybridized carbons (Fsp3) is 0.250. The van der Waals surface area contributed by atoms with Crippen LogP contribution in [0.5, 0.6) is 11.5 Å². The monoisotopic (exact) mass is 357 g/mol. The van der Waals surface area contributed by atoms with Crippen molar-refractivity contribution in [2.24, 2.45) is 0 Å². The van der Waals surface area contributed by atoms with Crippen molar-refractivity contribution >= 4 is 0 Å². The van der Waals surface area contributed by atoms with Gasteiger partial charge >= 0.3 is 0 Å². The third-order valence-corrected chi connectivity index (χ3v) is 5.98. The van der Waals surface area contributed by atoms with Crippen molar-refractivity contribution in [1.82, 2.24) is 4.90 Å². The minimum Gasteiger partial charge on any atom is -0.504 e. The zero-order valence-corrected chi connectivity index (χ0v) is 15.5. The van der Waals surface area contributed by atoms with Crippen LogP contribution < -0.4 is 4.74 Å². The normalized spacial score (nSPS) is 17.9. The van der Waals surface area contributed by atoms with E-state index in [0.717, 1.165) is 37.1 Å². The van der Waals surface area contributed by atoms with E-state index >= 15 is 0 Å². The SMILES string of the molecule is COc1cc2c3c(c1O)-c1ccccc1CC3N(Cc1ccccc1)CC2. The predicted octanol–water partition coefficient (Wildman–Crippen LogP) is 4.72. The topological polar surface area (TPSA) is 32.7 Å². The maximum absolute atomic E-state index is 11.0. The summed E-state index contributed by atoms with van der Waals surface area (Å²) in [7, 11) is 1.63. The van der Waals surface area contributed by atoms with Crippen LogP contribution in [0.1, 0.15) is 28.3 Å². The molecule has 1 aliphatic heterocycles. The Labute approximate surface area is 159 Å². The maximum Gasteiger partial charge on any atom is 0.166 e. The number of ether oxygens (including phenoxy) is 1. The second-order valence-corrected chi connectivity index (χ2v) is 7.46. The summed E-state index contributed by atoms with van der Waals surface area (Å²) < 4.78 is 5.49. The van der Waals surface area contributed by atoms with Crippen LogP contribution in [0.2, 0.25) is 0 Å². The zero-order valence-electron chi connectivity index (χ0n) is 15.5. The van der Waals surface area contributed by atoms with Gasteiger partial charge in [0.2, 0.25) is 0 Å². The number of benzene rings is 3. The Bertz CT molecular complexity index is 997. The molecule has 27 heavy (non-hydrogen) atoms. The third kappa shape index (κ3) is 2.62. The number of rotatable bonds is 3. The molecule has 0 saturated heterocycles. The van der Waals surface area contributed by atoms with E-state index < -0.39 is 0 Å². The van der Waals surface area contributed by atoms with Crippen LogP contribution in [0.25, 0.3) is 11.1 Å². The summed E-state index contributed by atoms with van der Waals surface area (Å²) in [5, 5.41) is 11.0. The highest BCUT2D eigenvalue weighted by Gasteiger charge is 2.36. The van der Waals surface area contributed by atoms with Gasteiger partial charge in [-0.2, -0.15) is 0 Å². The molecule has 1 atom stereocenters. The highest BCUT2D eigenvalue weighted by Crippen LogP contribution is 2.52. The summed E-state index contributed by atoms with van der Waals surface area (Å²) >= 11 is 0. The van der Waals surface area contributed by atoms with Crippen molar-refractivity contribution < 1.29 is 9.84 Å². The highest BCUT2D eigenvalue weighted by atomic mass is 16.5. The van der Waals surface area contributed by atoms with Gasteiger partial charge in [-0.15, -0.1) is 0 Å². The quantitative estimate of drug-likeness (QED) is 0.736. The van der Waals surface area contributed by atoms with E-state index in [2.05, 4.69) is 59.5 Å². The minimum atomic E-state index is 0.273. The molecule has 3 nitrogen and oxygen atoms in total. The van der Waals surface area contributed by atoms with E-state index in [0.29, 0.717) is 5.75 Å². The van der Waals surface area contributed by atoms with E-state index in [1.165, 1.54) is 22.3 Å². The fourth-order valence-corrected chi connectivity index (χ4v) is 4.72. The molecule has 0 fully saturated rings. The molecule has 0 aromatic heterocycles. The van der Waals surface area contributed by atoms with Crippen molar-refractivity contribution in [2.75, 3.05) is 13.7 Å². The lowest BCUT2D eigenvalue weighted by molar-refractivity contribution is 0.173. The molecule has 5 rings (SSSR count). The average Bonchev–Trinajstić information content (AvgIpc) is 2.72. The van der Waals surface area contributed by atoms with Gasteiger partial charge in [-0.25, -0.2) is 0 Å². The zero-order chi connectivity index (χ0) is 18.4. The van der Waals surface area contributed by atoms with Gasteiger partial charge in [0, 0.05) is 24.7 Å². The number of hydrogen-bond donors (Lipinski definition) is 1. The average molecular weight is 357 g/mol. The molecule has 0 amide bonds. The lowest BCUT2D eigenvalue weighted by Gasteiger charge is -2.42. The fourth-order valence-electron chi connectivity index (χ4n) is 4.72. The molecular weight excluding hydrogens is 334 g/mol. The number of nitrogens with zero attached hydrogens (tertiary/aromatic N) is 1. The Hall–Kier alpha value is -2.78. The Balaban J connectivity index is 1.66. The number of phenolic OH excluding ortho intramolecular Hbond substituents is 1. The van der Waals surface area contributed by atoms with E-state index in [-0.39, 0.29) is 11.8 Å². The Morgan fingerprint density at radius 3 is 2.63 bits per heavy atom. The highest BCUT2D eigenvalue weighted by molar-refractivity contribution is 5.83. The first-order chi connectivity index (χ1) is 13.3. The molecule has 3 heteroatoms. The van der Waals surface area contributed by atoms with E-state index in [9.17, 15) is 5.11 Å². The molecular formula is C24H23NO2. The van der Waals surface area contributed by atoms with Gasteiger partial charge < -0.3 is 9.84 Å². The number of fused-ring (bicyclic) bond motifs is 2. The van der Waals surface area contributed by atoms with Crippen molar-refractivity contribution in [3.05, 3.63) is 82.9 Å².